The van der Waals surface area contributed by atoms with Gasteiger partial charge in [0.05, 0.1) is 23.8 Å². The molecule has 5 nitrogen and oxygen atoms in total. The number of nitriles is 1. The van der Waals surface area contributed by atoms with Crippen molar-refractivity contribution in [2.45, 2.75) is 32.0 Å². The van der Waals surface area contributed by atoms with Crippen LogP contribution in [0.2, 0.25) is 0 Å². The molecule has 0 aromatic carbocycles. The highest BCUT2D eigenvalue weighted by atomic mass is 19.4. The number of aromatic nitrogens is 1. The number of carbonyl (C=O) groups excluding carboxylic acids is 1. The zero-order chi connectivity index (χ0) is 26.1. The van der Waals surface area contributed by atoms with Crippen molar-refractivity contribution in [3.8, 4) is 6.07 Å². The van der Waals surface area contributed by atoms with Crippen LogP contribution in [0, 0.1) is 16.7 Å². The zero-order valence-electron chi connectivity index (χ0n) is 19.4. The first kappa shape index (κ1) is 27.7. The normalized spacial score (nSPS) is 15.3. The van der Waals surface area contributed by atoms with Crippen LogP contribution in [0.5, 0.6) is 0 Å². The second-order valence-corrected chi connectivity index (χ2v) is 8.27. The molecule has 1 aromatic heterocycles. The Labute approximate surface area is 202 Å². The van der Waals surface area contributed by atoms with E-state index < -0.39 is 25.2 Å². The first-order valence-electron chi connectivity index (χ1n) is 10.8. The molecule has 0 aliphatic heterocycles. The number of alkyl halides is 3. The first-order chi connectivity index (χ1) is 16.5. The van der Waals surface area contributed by atoms with Crippen molar-refractivity contribution in [1.82, 2.24) is 9.88 Å². The van der Waals surface area contributed by atoms with E-state index in [4.69, 9.17) is 0 Å². The van der Waals surface area contributed by atoms with Crippen LogP contribution in [0.15, 0.2) is 67.3 Å². The zero-order valence-corrected chi connectivity index (χ0v) is 19.4. The summed E-state index contributed by atoms with van der Waals surface area (Å²) in [5.41, 5.74) is 2.03. The number of carbonyl (C=O) groups is 1. The number of halogens is 4. The molecule has 1 aliphatic carbocycles. The molecule has 0 amide bonds. The Morgan fingerprint density at radius 1 is 1.31 bits per heavy atom. The summed E-state index contributed by atoms with van der Waals surface area (Å²) in [6.45, 7) is 6.17. The van der Waals surface area contributed by atoms with Crippen molar-refractivity contribution in [3.63, 3.8) is 0 Å². The van der Waals surface area contributed by atoms with Crippen LogP contribution in [0.3, 0.4) is 0 Å². The van der Waals surface area contributed by atoms with Crippen LogP contribution in [0.1, 0.15) is 40.9 Å². The van der Waals surface area contributed by atoms with Crippen molar-refractivity contribution in [2.24, 2.45) is 5.41 Å². The predicted octanol–water partition coefficient (Wildman–Crippen LogP) is 6.09. The molecule has 0 radical (unpaired) electrons. The lowest BCUT2D eigenvalue weighted by Gasteiger charge is -2.22. The molecule has 1 saturated carbocycles. The summed E-state index contributed by atoms with van der Waals surface area (Å²) in [6, 6.07) is 3.88. The topological polar surface area (TPSA) is 66.2 Å². The van der Waals surface area contributed by atoms with Gasteiger partial charge in [0.1, 0.15) is 12.4 Å². The van der Waals surface area contributed by atoms with Crippen LogP contribution in [-0.4, -0.2) is 42.6 Å². The van der Waals surface area contributed by atoms with E-state index in [0.717, 1.165) is 25.0 Å². The van der Waals surface area contributed by atoms with Crippen LogP contribution >= 0.6 is 0 Å². The van der Waals surface area contributed by atoms with Gasteiger partial charge in [0.25, 0.3) is 0 Å². The van der Waals surface area contributed by atoms with Gasteiger partial charge in [0, 0.05) is 36.6 Å². The second-order valence-electron chi connectivity index (χ2n) is 8.27. The highest BCUT2D eigenvalue weighted by Crippen LogP contribution is 2.48. The number of likely N-dealkylation sites (N-methyl/N-ethyl adjacent to an activating group) is 1. The van der Waals surface area contributed by atoms with Gasteiger partial charge in [0.15, 0.2) is 6.29 Å². The molecule has 0 atom stereocenters. The van der Waals surface area contributed by atoms with Crippen molar-refractivity contribution >= 4 is 11.9 Å². The van der Waals surface area contributed by atoms with Gasteiger partial charge in [-0.05, 0) is 49.1 Å². The Hall–Kier alpha value is -3.51. The van der Waals surface area contributed by atoms with Gasteiger partial charge < -0.3 is 9.64 Å². The van der Waals surface area contributed by atoms with Gasteiger partial charge in [-0.25, -0.2) is 4.39 Å². The quantitative estimate of drug-likeness (QED) is 0.145. The fraction of sp³-hybridized carbons (Fsp3) is 0.346. The molecule has 0 unspecified atom stereocenters. The van der Waals surface area contributed by atoms with E-state index in [1.807, 2.05) is 17.1 Å². The van der Waals surface area contributed by atoms with Gasteiger partial charge in [0.2, 0.25) is 0 Å². The molecular weight excluding hydrogens is 462 g/mol. The molecule has 0 spiro atoms. The highest BCUT2D eigenvalue weighted by Gasteiger charge is 2.41. The molecule has 1 heterocycles. The summed E-state index contributed by atoms with van der Waals surface area (Å²) in [5.74, 6) is -0.803. The SMILES string of the molecule is C=C(/C=C\C(F)=C/COCC(F)(F)F)c1nccc(C=O)c1CN(C)C(=C)/C=C\CC1(C#N)CC1. The van der Waals surface area contributed by atoms with Crippen LogP contribution in [0.25, 0.3) is 5.57 Å². The molecular formula is C26H27F4N3O2. The fourth-order valence-corrected chi connectivity index (χ4v) is 3.10. The Kier molecular flexibility index (Phi) is 9.72. The number of rotatable bonds is 13. The Morgan fingerprint density at radius 2 is 2.03 bits per heavy atom. The monoisotopic (exact) mass is 489 g/mol. The van der Waals surface area contributed by atoms with Gasteiger partial charge in [-0.3, -0.25) is 9.78 Å². The van der Waals surface area contributed by atoms with E-state index in [-0.39, 0.29) is 12.0 Å². The summed E-state index contributed by atoms with van der Waals surface area (Å²) in [6.07, 6.45) is 7.03. The maximum atomic E-state index is 13.9. The lowest BCUT2D eigenvalue weighted by atomic mass is 10.0. The maximum absolute atomic E-state index is 13.9. The third kappa shape index (κ3) is 8.98. The van der Waals surface area contributed by atoms with Crippen LogP contribution < -0.4 is 0 Å². The number of hydrogen-bond donors (Lipinski definition) is 0. The Bertz CT molecular complexity index is 1080. The first-order valence-corrected chi connectivity index (χ1v) is 10.8. The minimum Gasteiger partial charge on any atom is -0.371 e. The van der Waals surface area contributed by atoms with Gasteiger partial charge >= 0.3 is 6.18 Å². The average molecular weight is 490 g/mol. The number of nitrogens with zero attached hydrogens (tertiary/aromatic N) is 3. The summed E-state index contributed by atoms with van der Waals surface area (Å²) >= 11 is 0. The summed E-state index contributed by atoms with van der Waals surface area (Å²) < 4.78 is 54.5. The van der Waals surface area contributed by atoms with E-state index in [2.05, 4.69) is 28.9 Å². The molecule has 0 N–H and O–H groups in total. The number of allylic oxidation sites excluding steroid dienone is 6. The second kappa shape index (κ2) is 12.3. The van der Waals surface area contributed by atoms with Crippen molar-refractivity contribution in [2.75, 3.05) is 20.3 Å². The molecule has 35 heavy (non-hydrogen) atoms. The van der Waals surface area contributed by atoms with E-state index in [1.54, 1.807) is 13.1 Å². The van der Waals surface area contributed by atoms with E-state index in [1.165, 1.54) is 12.3 Å². The van der Waals surface area contributed by atoms with Gasteiger partial charge in [-0.1, -0.05) is 25.3 Å². The molecule has 0 bridgehead atoms. The van der Waals surface area contributed by atoms with Crippen molar-refractivity contribution < 1.29 is 27.1 Å². The number of pyridine rings is 1. The van der Waals surface area contributed by atoms with Gasteiger partial charge in [-0.2, -0.15) is 18.4 Å². The number of aldehydes is 1. The number of ether oxygens (including phenoxy) is 1. The smallest absolute Gasteiger partial charge is 0.371 e. The third-order valence-electron chi connectivity index (χ3n) is 5.42. The highest BCUT2D eigenvalue weighted by molar-refractivity contribution is 5.82. The Morgan fingerprint density at radius 3 is 2.63 bits per heavy atom. The molecule has 1 aliphatic rings. The molecule has 2 rings (SSSR count). The van der Waals surface area contributed by atoms with Crippen LogP contribution in [-0.2, 0) is 11.3 Å². The minimum absolute atomic E-state index is 0.255. The molecule has 9 heteroatoms. The standard InChI is InChI=1S/C26H27F4N3O2/c1-19(6-7-22(27)9-14-35-18-26(28,29)30)24-23(21(16-34)8-13-32-24)15-33(3)20(2)5-4-10-25(17-31)11-12-25/h4-9,13,16H,1-2,10-12,14-15,18H2,3H3/b5-4-,7-6-,22-9+. The molecule has 1 aromatic rings. The lowest BCUT2D eigenvalue weighted by Crippen LogP contribution is -2.18. The summed E-state index contributed by atoms with van der Waals surface area (Å²) in [4.78, 5) is 17.7. The van der Waals surface area contributed by atoms with E-state index in [9.17, 15) is 27.6 Å². The third-order valence-corrected chi connectivity index (χ3v) is 5.42. The van der Waals surface area contributed by atoms with Crippen molar-refractivity contribution in [1.29, 1.82) is 5.26 Å². The minimum atomic E-state index is -4.48. The Balaban J connectivity index is 2.08. The summed E-state index contributed by atoms with van der Waals surface area (Å²) in [7, 11) is 1.79. The number of hydrogen-bond acceptors (Lipinski definition) is 5. The van der Waals surface area contributed by atoms with Crippen LogP contribution in [0.4, 0.5) is 17.6 Å². The maximum Gasteiger partial charge on any atom is 0.411 e. The predicted molar refractivity (Wildman–Crippen MR) is 126 cm³/mol. The molecule has 186 valence electrons. The van der Waals surface area contributed by atoms with Gasteiger partial charge in [-0.15, -0.1) is 0 Å². The van der Waals surface area contributed by atoms with E-state index in [0.29, 0.717) is 40.8 Å². The molecule has 1 fully saturated rings. The molecule has 0 saturated heterocycles. The fourth-order valence-electron chi connectivity index (χ4n) is 3.10. The average Bonchev–Trinajstić information content (AvgIpc) is 3.59. The lowest BCUT2D eigenvalue weighted by molar-refractivity contribution is -0.171. The van der Waals surface area contributed by atoms with E-state index >= 15 is 0 Å². The largest absolute Gasteiger partial charge is 0.411 e. The van der Waals surface area contributed by atoms with Crippen molar-refractivity contribution in [3.05, 3.63) is 84.1 Å². The summed E-state index contributed by atoms with van der Waals surface area (Å²) in [5, 5.41) is 9.18.